The van der Waals surface area contributed by atoms with E-state index in [1.807, 2.05) is 132 Å². The summed E-state index contributed by atoms with van der Waals surface area (Å²) in [5.74, 6) is 1.91. The molecule has 8 nitrogen and oxygen atoms in total. The third kappa shape index (κ3) is 5.31. The Labute approximate surface area is 288 Å². The lowest BCUT2D eigenvalue weighted by atomic mass is 9.76. The number of anilines is 1. The van der Waals surface area contributed by atoms with Crippen molar-refractivity contribution in [1.29, 1.82) is 21.0 Å². The van der Waals surface area contributed by atoms with Gasteiger partial charge >= 0.3 is 0 Å². The lowest BCUT2D eigenvalue weighted by molar-refractivity contribution is 0.170. The van der Waals surface area contributed by atoms with Gasteiger partial charge in [0, 0.05) is 11.3 Å². The zero-order valence-electron chi connectivity index (χ0n) is 26.4. The number of benzene rings is 6. The van der Waals surface area contributed by atoms with Gasteiger partial charge in [0.1, 0.15) is 52.8 Å². The van der Waals surface area contributed by atoms with Gasteiger partial charge in [-0.15, -0.1) is 0 Å². The van der Waals surface area contributed by atoms with Crippen molar-refractivity contribution >= 4 is 5.69 Å². The summed E-state index contributed by atoms with van der Waals surface area (Å²) in [5.41, 5.74) is 4.19. The molecule has 0 aliphatic carbocycles. The Bertz CT molecular complexity index is 2280. The van der Waals surface area contributed by atoms with Crippen LogP contribution in [0.4, 0.5) is 5.69 Å². The van der Waals surface area contributed by atoms with Crippen molar-refractivity contribution in [3.8, 4) is 47.3 Å². The fraction of sp³-hybridized carbons (Fsp3) is 0.0476. The van der Waals surface area contributed by atoms with E-state index in [1.54, 1.807) is 24.3 Å². The third-order valence-electron chi connectivity index (χ3n) is 8.75. The molecule has 0 saturated heterocycles. The van der Waals surface area contributed by atoms with E-state index in [0.29, 0.717) is 23.0 Å². The van der Waals surface area contributed by atoms with Crippen LogP contribution in [0.15, 0.2) is 140 Å². The molecule has 1 heterocycles. The molecule has 1 N–H and O–H groups in total. The van der Waals surface area contributed by atoms with Gasteiger partial charge in [-0.25, -0.2) is 0 Å². The first-order valence-corrected chi connectivity index (χ1v) is 15.6. The minimum atomic E-state index is -1.00. The predicted octanol–water partition coefficient (Wildman–Crippen LogP) is 8.56. The van der Waals surface area contributed by atoms with Crippen molar-refractivity contribution < 1.29 is 14.6 Å². The van der Waals surface area contributed by atoms with Crippen molar-refractivity contribution in [2.45, 2.75) is 11.8 Å². The highest BCUT2D eigenvalue weighted by atomic mass is 16.5. The fourth-order valence-electron chi connectivity index (χ4n) is 6.54. The molecule has 1 atom stereocenters. The molecule has 0 saturated carbocycles. The second-order valence-electron chi connectivity index (χ2n) is 11.5. The topological polar surface area (TPSA) is 137 Å². The second kappa shape index (κ2) is 13.0. The highest BCUT2D eigenvalue weighted by Crippen LogP contribution is 2.55. The van der Waals surface area contributed by atoms with E-state index >= 15 is 0 Å². The molecule has 0 aromatic heterocycles. The molecule has 0 amide bonds. The molecule has 0 spiro atoms. The summed E-state index contributed by atoms with van der Waals surface area (Å²) in [6.45, 7) is 0. The van der Waals surface area contributed by atoms with Crippen molar-refractivity contribution in [1.82, 2.24) is 0 Å². The molecule has 0 fully saturated rings. The number of ether oxygens (including phenoxy) is 2. The number of hydrogen-bond acceptors (Lipinski definition) is 8. The third-order valence-corrected chi connectivity index (χ3v) is 8.75. The van der Waals surface area contributed by atoms with E-state index in [2.05, 4.69) is 0 Å². The van der Waals surface area contributed by atoms with E-state index in [0.717, 1.165) is 27.9 Å². The number of hydrogen-bond donors (Lipinski definition) is 1. The molecule has 6 aromatic rings. The van der Waals surface area contributed by atoms with Crippen molar-refractivity contribution in [3.63, 3.8) is 0 Å². The van der Waals surface area contributed by atoms with Gasteiger partial charge in [0.05, 0.1) is 22.3 Å². The zero-order valence-corrected chi connectivity index (χ0v) is 26.4. The molecule has 236 valence electrons. The van der Waals surface area contributed by atoms with Gasteiger partial charge in [0.25, 0.3) is 0 Å². The number of aliphatic hydroxyl groups is 1. The SMILES string of the molecule is N#Cc1ccc(Oc2ccc(C3(c4ccc(Oc5ccc(C#N)c(C#N)c5)cc4)c4ccccc4C(O)N3c3ccccc3)cc2)cc1C#N. The maximum Gasteiger partial charge on any atom is 0.154 e. The molecule has 1 unspecified atom stereocenters. The Morgan fingerprint density at radius 3 is 1.42 bits per heavy atom. The summed E-state index contributed by atoms with van der Waals surface area (Å²) < 4.78 is 12.2. The monoisotopic (exact) mass is 647 g/mol. The molecule has 7 rings (SSSR count). The van der Waals surface area contributed by atoms with Gasteiger partial charge in [-0.1, -0.05) is 66.7 Å². The maximum absolute atomic E-state index is 12.0. The highest BCUT2D eigenvalue weighted by molar-refractivity contribution is 5.69. The number of para-hydroxylation sites is 1. The normalized spacial score (nSPS) is 13.9. The van der Waals surface area contributed by atoms with Crippen LogP contribution >= 0.6 is 0 Å². The van der Waals surface area contributed by atoms with Crippen LogP contribution in [0.5, 0.6) is 23.0 Å². The van der Waals surface area contributed by atoms with E-state index in [4.69, 9.17) is 9.47 Å². The summed E-state index contributed by atoms with van der Waals surface area (Å²) in [7, 11) is 0. The average Bonchev–Trinajstić information content (AvgIpc) is 3.44. The van der Waals surface area contributed by atoms with Crippen LogP contribution in [0, 0.1) is 45.3 Å². The molecule has 50 heavy (non-hydrogen) atoms. The first kappa shape index (κ1) is 31.3. The van der Waals surface area contributed by atoms with Crippen LogP contribution in [-0.4, -0.2) is 5.11 Å². The first-order valence-electron chi connectivity index (χ1n) is 15.6. The summed E-state index contributed by atoms with van der Waals surface area (Å²) in [6.07, 6.45) is -0.980. The van der Waals surface area contributed by atoms with Crippen LogP contribution in [0.25, 0.3) is 0 Å². The molecule has 1 aliphatic rings. The van der Waals surface area contributed by atoms with Gasteiger partial charge in [-0.3, -0.25) is 0 Å². The standard InChI is InChI=1S/C42H25N5O3/c43-24-28-10-16-37(22-30(28)26-45)49-35-18-12-32(13-19-35)42(40-9-5-4-8-39(40)41(48)47(42)34-6-2-1-3-7-34)33-14-20-36(21-15-33)50-38-17-11-29(25-44)31(23-38)27-46/h1-23,41,48H. The van der Waals surface area contributed by atoms with Gasteiger partial charge < -0.3 is 19.5 Å². The Morgan fingerprint density at radius 1 is 0.500 bits per heavy atom. The van der Waals surface area contributed by atoms with Gasteiger partial charge in [-0.2, -0.15) is 21.0 Å². The van der Waals surface area contributed by atoms with Gasteiger partial charge in [0.15, 0.2) is 6.23 Å². The largest absolute Gasteiger partial charge is 0.457 e. The molecular weight excluding hydrogens is 622 g/mol. The van der Waals surface area contributed by atoms with E-state index in [9.17, 15) is 26.2 Å². The average molecular weight is 648 g/mol. The van der Waals surface area contributed by atoms with Crippen LogP contribution < -0.4 is 14.4 Å². The quantitative estimate of drug-likeness (QED) is 0.182. The summed E-state index contributed by atoms with van der Waals surface area (Å²) >= 11 is 0. The van der Waals surface area contributed by atoms with Crippen LogP contribution in [0.3, 0.4) is 0 Å². The van der Waals surface area contributed by atoms with Crippen LogP contribution in [-0.2, 0) is 5.54 Å². The number of nitrogens with zero attached hydrogens (tertiary/aromatic N) is 5. The van der Waals surface area contributed by atoms with E-state index in [1.165, 1.54) is 12.1 Å². The minimum absolute atomic E-state index is 0.229. The molecular formula is C42H25N5O3. The second-order valence-corrected chi connectivity index (χ2v) is 11.5. The lowest BCUT2D eigenvalue weighted by Crippen LogP contribution is -2.45. The van der Waals surface area contributed by atoms with Crippen molar-refractivity contribution in [2.24, 2.45) is 0 Å². The Kier molecular flexibility index (Phi) is 8.15. The maximum atomic E-state index is 12.0. The number of rotatable bonds is 7. The summed E-state index contributed by atoms with van der Waals surface area (Å²) in [4.78, 5) is 2.00. The number of nitriles is 4. The summed E-state index contributed by atoms with van der Waals surface area (Å²) in [5, 5.41) is 49.6. The molecule has 6 aromatic carbocycles. The van der Waals surface area contributed by atoms with Crippen LogP contribution in [0.1, 0.15) is 50.7 Å². The fourth-order valence-corrected chi connectivity index (χ4v) is 6.54. The molecule has 1 aliphatic heterocycles. The lowest BCUT2D eigenvalue weighted by Gasteiger charge is -2.43. The van der Waals surface area contributed by atoms with Gasteiger partial charge in [-0.05, 0) is 89.5 Å². The Hall–Kier alpha value is -7.36. The Balaban J connectivity index is 1.34. The summed E-state index contributed by atoms with van der Waals surface area (Å²) in [6, 6.07) is 50.4. The van der Waals surface area contributed by atoms with Crippen molar-refractivity contribution in [3.05, 3.63) is 184 Å². The zero-order chi connectivity index (χ0) is 34.7. The smallest absolute Gasteiger partial charge is 0.154 e. The van der Waals surface area contributed by atoms with E-state index < -0.39 is 11.8 Å². The highest BCUT2D eigenvalue weighted by Gasteiger charge is 2.52. The van der Waals surface area contributed by atoms with Crippen molar-refractivity contribution in [2.75, 3.05) is 4.90 Å². The molecule has 0 radical (unpaired) electrons. The predicted molar refractivity (Wildman–Crippen MR) is 185 cm³/mol. The first-order chi connectivity index (χ1) is 24.5. The Morgan fingerprint density at radius 2 is 0.940 bits per heavy atom. The van der Waals surface area contributed by atoms with Crippen LogP contribution in [0.2, 0.25) is 0 Å². The minimum Gasteiger partial charge on any atom is -0.457 e. The number of fused-ring (bicyclic) bond motifs is 1. The molecule has 0 bridgehead atoms. The molecule has 8 heteroatoms. The van der Waals surface area contributed by atoms with Gasteiger partial charge in [0.2, 0.25) is 0 Å². The number of aliphatic hydroxyl groups excluding tert-OH is 1. The van der Waals surface area contributed by atoms with E-state index in [-0.39, 0.29) is 22.3 Å².